The Hall–Kier alpha value is -1.90. The maximum Gasteiger partial charge on any atom is 0.339 e. The molecule has 3 rings (SSSR count). The van der Waals surface area contributed by atoms with E-state index in [0.717, 1.165) is 18.4 Å². The molecule has 34 heavy (non-hydrogen) atoms. The van der Waals surface area contributed by atoms with Gasteiger partial charge in [0, 0.05) is 5.56 Å². The molecule has 2 aromatic carbocycles. The summed E-state index contributed by atoms with van der Waals surface area (Å²) in [6.45, 7) is 13.6. The molecular weight excluding hydrogens is 472 g/mol. The SMILES string of the molecule is Cc1cc(S(=O)(=O)[O-])c2c(c1OS(=O)(=O)c1c(C(C)C)cc(C(C)C)cc1C(C)C)CCCC2. The maximum atomic E-state index is 13.9. The van der Waals surface area contributed by atoms with Crippen LogP contribution in [-0.4, -0.2) is 21.4 Å². The largest absolute Gasteiger partial charge is 0.744 e. The van der Waals surface area contributed by atoms with Gasteiger partial charge < -0.3 is 8.74 Å². The minimum absolute atomic E-state index is 0.0485. The van der Waals surface area contributed by atoms with Crippen LogP contribution in [0.3, 0.4) is 0 Å². The second kappa shape index (κ2) is 9.63. The summed E-state index contributed by atoms with van der Waals surface area (Å²) >= 11 is 0. The molecule has 1 aliphatic rings. The molecule has 8 heteroatoms. The van der Waals surface area contributed by atoms with Gasteiger partial charge in [-0.3, -0.25) is 0 Å². The second-order valence-electron chi connectivity index (χ2n) is 10.2. The Morgan fingerprint density at radius 2 is 1.29 bits per heavy atom. The quantitative estimate of drug-likeness (QED) is 0.341. The third-order valence-corrected chi connectivity index (χ3v) is 8.80. The van der Waals surface area contributed by atoms with E-state index >= 15 is 0 Å². The average molecular weight is 508 g/mol. The Balaban J connectivity index is 2.26. The van der Waals surface area contributed by atoms with Gasteiger partial charge in [0.1, 0.15) is 20.8 Å². The lowest BCUT2D eigenvalue weighted by Gasteiger charge is -2.26. The van der Waals surface area contributed by atoms with E-state index in [1.54, 1.807) is 6.92 Å². The summed E-state index contributed by atoms with van der Waals surface area (Å²) in [5.41, 5.74) is 3.72. The summed E-state index contributed by atoms with van der Waals surface area (Å²) in [7, 11) is -8.92. The molecule has 0 amide bonds. The Morgan fingerprint density at radius 3 is 1.74 bits per heavy atom. The molecule has 0 N–H and O–H groups in total. The molecule has 0 saturated carbocycles. The van der Waals surface area contributed by atoms with Gasteiger partial charge in [0.2, 0.25) is 0 Å². The molecule has 6 nitrogen and oxygen atoms in total. The molecule has 1 aliphatic carbocycles. The predicted octanol–water partition coefficient (Wildman–Crippen LogP) is 5.92. The topological polar surface area (TPSA) is 101 Å². The number of fused-ring (bicyclic) bond motifs is 1. The van der Waals surface area contributed by atoms with Crippen LogP contribution < -0.4 is 4.18 Å². The van der Waals surface area contributed by atoms with E-state index in [1.165, 1.54) is 6.07 Å². The van der Waals surface area contributed by atoms with Crippen molar-refractivity contribution in [3.05, 3.63) is 51.6 Å². The Kier molecular flexibility index (Phi) is 7.56. The molecule has 0 heterocycles. The summed E-state index contributed by atoms with van der Waals surface area (Å²) in [6.07, 6.45) is 2.37. The molecule has 0 radical (unpaired) electrons. The van der Waals surface area contributed by atoms with Gasteiger partial charge in [-0.1, -0.05) is 53.7 Å². The number of rotatable bonds is 7. The van der Waals surface area contributed by atoms with Crippen molar-refractivity contribution in [1.82, 2.24) is 0 Å². The summed E-state index contributed by atoms with van der Waals surface area (Å²) in [4.78, 5) is -0.0807. The standard InChI is InChI=1S/C26H36O6S2/c1-15(2)19-13-22(16(3)4)26(23(14-19)17(5)6)34(30,31)32-25-18(7)12-24(33(27,28)29)20-10-8-9-11-21(20)25/h12-17H,8-11H2,1-7H3,(H,27,28,29)/p-1. The normalized spacial score (nSPS) is 14.7. The highest BCUT2D eigenvalue weighted by Crippen LogP contribution is 2.41. The fourth-order valence-corrected chi connectivity index (χ4v) is 7.23. The molecule has 0 spiro atoms. The number of hydrogen-bond acceptors (Lipinski definition) is 6. The third kappa shape index (κ3) is 5.19. The van der Waals surface area contributed by atoms with Crippen LogP contribution in [0.5, 0.6) is 5.75 Å². The fraction of sp³-hybridized carbons (Fsp3) is 0.538. The number of benzene rings is 2. The lowest BCUT2D eigenvalue weighted by molar-refractivity contribution is 0.459. The van der Waals surface area contributed by atoms with Crippen molar-refractivity contribution in [2.24, 2.45) is 0 Å². The van der Waals surface area contributed by atoms with Crippen molar-refractivity contribution in [1.29, 1.82) is 0 Å². The van der Waals surface area contributed by atoms with E-state index in [0.29, 0.717) is 40.7 Å². The fourth-order valence-electron chi connectivity index (χ4n) is 4.68. The van der Waals surface area contributed by atoms with Gasteiger partial charge in [0.05, 0.1) is 4.90 Å². The first-order valence-electron chi connectivity index (χ1n) is 11.9. The van der Waals surface area contributed by atoms with Gasteiger partial charge in [0.25, 0.3) is 0 Å². The highest BCUT2D eigenvalue weighted by atomic mass is 32.2. The molecule has 0 fully saturated rings. The van der Waals surface area contributed by atoms with E-state index < -0.39 is 20.2 Å². The molecule has 0 bridgehead atoms. The minimum atomic E-state index is -4.68. The Morgan fingerprint density at radius 1 is 0.794 bits per heavy atom. The van der Waals surface area contributed by atoms with Crippen molar-refractivity contribution in [3.63, 3.8) is 0 Å². The van der Waals surface area contributed by atoms with Crippen molar-refractivity contribution >= 4 is 20.2 Å². The molecular formula is C26H35O6S2-. The van der Waals surface area contributed by atoms with Crippen molar-refractivity contribution < 1.29 is 25.6 Å². The summed E-state index contributed by atoms with van der Waals surface area (Å²) in [6, 6.07) is 5.16. The average Bonchev–Trinajstić information content (AvgIpc) is 2.73. The molecule has 0 atom stereocenters. The zero-order chi connectivity index (χ0) is 25.6. The first-order valence-corrected chi connectivity index (χ1v) is 14.7. The minimum Gasteiger partial charge on any atom is -0.744 e. The van der Waals surface area contributed by atoms with E-state index in [1.807, 2.05) is 39.8 Å². The highest BCUT2D eigenvalue weighted by molar-refractivity contribution is 7.87. The van der Waals surface area contributed by atoms with Crippen LogP contribution in [0.1, 0.15) is 106 Å². The first-order chi connectivity index (χ1) is 15.6. The van der Waals surface area contributed by atoms with Crippen LogP contribution in [0.15, 0.2) is 28.0 Å². The van der Waals surface area contributed by atoms with E-state index in [2.05, 4.69) is 13.8 Å². The third-order valence-electron chi connectivity index (χ3n) is 6.54. The van der Waals surface area contributed by atoms with Gasteiger partial charge in [-0.2, -0.15) is 8.42 Å². The molecule has 0 aliphatic heterocycles. The lowest BCUT2D eigenvalue weighted by Crippen LogP contribution is -2.20. The maximum absolute atomic E-state index is 13.9. The van der Waals surface area contributed by atoms with Gasteiger partial charge in [-0.25, -0.2) is 8.42 Å². The molecule has 0 aromatic heterocycles. The monoisotopic (exact) mass is 507 g/mol. The summed E-state index contributed by atoms with van der Waals surface area (Å²) < 4.78 is 69.2. The van der Waals surface area contributed by atoms with Gasteiger partial charge in [-0.05, 0) is 84.2 Å². The zero-order valence-electron chi connectivity index (χ0n) is 21.1. The van der Waals surface area contributed by atoms with Gasteiger partial charge in [0.15, 0.2) is 0 Å². The van der Waals surface area contributed by atoms with E-state index in [9.17, 15) is 21.4 Å². The van der Waals surface area contributed by atoms with Crippen LogP contribution in [0.4, 0.5) is 0 Å². The highest BCUT2D eigenvalue weighted by Gasteiger charge is 2.31. The van der Waals surface area contributed by atoms with Crippen LogP contribution >= 0.6 is 0 Å². The van der Waals surface area contributed by atoms with E-state index in [4.69, 9.17) is 4.18 Å². The van der Waals surface area contributed by atoms with Crippen molar-refractivity contribution in [2.75, 3.05) is 0 Å². The second-order valence-corrected chi connectivity index (χ2v) is 13.0. The number of aryl methyl sites for hydroxylation is 1. The van der Waals surface area contributed by atoms with Crippen molar-refractivity contribution in [3.8, 4) is 5.75 Å². The molecule has 188 valence electrons. The summed E-state index contributed by atoms with van der Waals surface area (Å²) in [5.74, 6) is 0.295. The van der Waals surface area contributed by atoms with E-state index in [-0.39, 0.29) is 33.3 Å². The summed E-state index contributed by atoms with van der Waals surface area (Å²) in [5, 5.41) is 0. The van der Waals surface area contributed by atoms with Crippen LogP contribution in [-0.2, 0) is 33.1 Å². The van der Waals surface area contributed by atoms with Crippen LogP contribution in [0, 0.1) is 6.92 Å². The Bertz CT molecular complexity index is 1270. The van der Waals surface area contributed by atoms with Crippen LogP contribution in [0.2, 0.25) is 0 Å². The lowest BCUT2D eigenvalue weighted by atomic mass is 9.89. The number of hydrogen-bond donors (Lipinski definition) is 0. The van der Waals surface area contributed by atoms with Crippen molar-refractivity contribution in [2.45, 2.75) is 102 Å². The smallest absolute Gasteiger partial charge is 0.339 e. The zero-order valence-corrected chi connectivity index (χ0v) is 22.7. The molecule has 0 unspecified atom stereocenters. The van der Waals surface area contributed by atoms with Gasteiger partial charge >= 0.3 is 10.1 Å². The molecule has 2 aromatic rings. The van der Waals surface area contributed by atoms with Crippen LogP contribution in [0.25, 0.3) is 0 Å². The predicted molar refractivity (Wildman–Crippen MR) is 132 cm³/mol. The van der Waals surface area contributed by atoms with Gasteiger partial charge in [-0.15, -0.1) is 0 Å². The first kappa shape index (κ1) is 26.7. The Labute approximate surface area is 204 Å². The molecule has 0 saturated heterocycles.